The third kappa shape index (κ3) is 2.28. The molecule has 1 aromatic rings. The highest BCUT2D eigenvalue weighted by Gasteiger charge is 2.39. The van der Waals surface area contributed by atoms with Crippen LogP contribution in [0.3, 0.4) is 0 Å². The first-order valence-corrected chi connectivity index (χ1v) is 6.92. The highest BCUT2D eigenvalue weighted by atomic mass is 16.5. The normalized spacial score (nSPS) is 28.2. The number of likely N-dealkylation sites (N-methyl/N-ethyl adjacent to an activating group) is 1. The van der Waals surface area contributed by atoms with Crippen LogP contribution in [0.15, 0.2) is 12.3 Å². The van der Waals surface area contributed by atoms with E-state index in [0.717, 1.165) is 25.1 Å². The molecule has 0 bridgehead atoms. The largest absolute Gasteiger partial charge is 0.374 e. The van der Waals surface area contributed by atoms with Crippen molar-refractivity contribution in [2.24, 2.45) is 0 Å². The number of aryl methyl sites for hydroxylation is 1. The van der Waals surface area contributed by atoms with E-state index in [9.17, 15) is 4.79 Å². The molecule has 2 aliphatic rings. The monoisotopic (exact) mass is 263 g/mol. The van der Waals surface area contributed by atoms with E-state index >= 15 is 0 Å². The van der Waals surface area contributed by atoms with E-state index in [1.807, 2.05) is 24.1 Å². The number of nitrogens with one attached hydrogen (secondary N) is 1. The number of amides is 1. The maximum Gasteiger partial charge on any atom is 0.271 e. The molecular weight excluding hydrogens is 242 g/mol. The Morgan fingerprint density at radius 1 is 1.47 bits per heavy atom. The standard InChI is InChI=1S/C14H21N3O2/c1-10-3-5-15-13(10)14(18)17-7-8-19-12-4-6-16(2)9-11(12)17/h3,5,11-12,15H,4,6-9H2,1-2H3. The molecule has 1 N–H and O–H groups in total. The molecule has 0 radical (unpaired) electrons. The van der Waals surface area contributed by atoms with Crippen LogP contribution < -0.4 is 0 Å². The second-order valence-electron chi connectivity index (χ2n) is 5.56. The molecule has 0 saturated carbocycles. The number of hydrogen-bond donors (Lipinski definition) is 1. The number of piperidine rings is 1. The van der Waals surface area contributed by atoms with Gasteiger partial charge in [-0.05, 0) is 32.0 Å². The predicted octanol–water partition coefficient (Wildman–Crippen LogP) is 0.868. The number of likely N-dealkylation sites (tertiary alicyclic amines) is 1. The van der Waals surface area contributed by atoms with Gasteiger partial charge in [-0.15, -0.1) is 0 Å². The second-order valence-corrected chi connectivity index (χ2v) is 5.56. The van der Waals surface area contributed by atoms with Crippen molar-refractivity contribution in [2.75, 3.05) is 33.3 Å². The van der Waals surface area contributed by atoms with Gasteiger partial charge in [-0.2, -0.15) is 0 Å². The molecule has 0 aliphatic carbocycles. The molecule has 0 aromatic carbocycles. The Bertz CT molecular complexity index is 471. The Hall–Kier alpha value is -1.33. The van der Waals surface area contributed by atoms with Gasteiger partial charge in [-0.25, -0.2) is 0 Å². The van der Waals surface area contributed by atoms with Crippen molar-refractivity contribution in [1.82, 2.24) is 14.8 Å². The van der Waals surface area contributed by atoms with Crippen molar-refractivity contribution >= 4 is 5.91 Å². The van der Waals surface area contributed by atoms with E-state index in [0.29, 0.717) is 18.8 Å². The minimum absolute atomic E-state index is 0.108. The molecule has 1 amide bonds. The zero-order chi connectivity index (χ0) is 13.4. The lowest BCUT2D eigenvalue weighted by atomic mass is 9.98. The van der Waals surface area contributed by atoms with Crippen LogP contribution in [0.4, 0.5) is 0 Å². The molecule has 104 valence electrons. The van der Waals surface area contributed by atoms with E-state index < -0.39 is 0 Å². The van der Waals surface area contributed by atoms with Gasteiger partial charge in [-0.3, -0.25) is 4.79 Å². The summed E-state index contributed by atoms with van der Waals surface area (Å²) in [5, 5.41) is 0. The fourth-order valence-electron chi connectivity index (χ4n) is 3.10. The van der Waals surface area contributed by atoms with Crippen molar-refractivity contribution in [3.05, 3.63) is 23.5 Å². The average Bonchev–Trinajstić information content (AvgIpc) is 2.83. The summed E-state index contributed by atoms with van der Waals surface area (Å²) in [6.07, 6.45) is 3.03. The van der Waals surface area contributed by atoms with Crippen LogP contribution in [0.1, 0.15) is 22.5 Å². The molecule has 2 unspecified atom stereocenters. The quantitative estimate of drug-likeness (QED) is 0.818. The summed E-state index contributed by atoms with van der Waals surface area (Å²) in [5.41, 5.74) is 1.73. The van der Waals surface area contributed by atoms with Crippen LogP contribution in [-0.2, 0) is 4.74 Å². The molecular formula is C14H21N3O2. The van der Waals surface area contributed by atoms with Gasteiger partial charge in [0.1, 0.15) is 5.69 Å². The highest BCUT2D eigenvalue weighted by molar-refractivity contribution is 5.94. The average molecular weight is 263 g/mol. The van der Waals surface area contributed by atoms with Crippen LogP contribution in [0.25, 0.3) is 0 Å². The number of carbonyl (C=O) groups is 1. The van der Waals surface area contributed by atoms with Gasteiger partial charge in [0.05, 0.1) is 18.8 Å². The van der Waals surface area contributed by atoms with Crippen LogP contribution in [0, 0.1) is 6.92 Å². The number of morpholine rings is 1. The number of carbonyl (C=O) groups excluding carboxylic acids is 1. The van der Waals surface area contributed by atoms with E-state index in [2.05, 4.69) is 16.9 Å². The predicted molar refractivity (Wildman–Crippen MR) is 72.2 cm³/mol. The first-order valence-electron chi connectivity index (χ1n) is 6.92. The topological polar surface area (TPSA) is 48.6 Å². The van der Waals surface area contributed by atoms with E-state index in [4.69, 9.17) is 4.74 Å². The maximum atomic E-state index is 12.7. The number of hydrogen-bond acceptors (Lipinski definition) is 3. The Morgan fingerprint density at radius 3 is 3.05 bits per heavy atom. The van der Waals surface area contributed by atoms with Gasteiger partial charge < -0.3 is 19.5 Å². The number of aromatic amines is 1. The van der Waals surface area contributed by atoms with Gasteiger partial charge >= 0.3 is 0 Å². The zero-order valence-electron chi connectivity index (χ0n) is 11.6. The Kier molecular flexibility index (Phi) is 3.33. The third-order valence-corrected chi connectivity index (χ3v) is 4.22. The van der Waals surface area contributed by atoms with Gasteiger partial charge in [0.15, 0.2) is 0 Å². The molecule has 2 atom stereocenters. The Balaban J connectivity index is 1.82. The number of H-pyrrole nitrogens is 1. The summed E-state index contributed by atoms with van der Waals surface area (Å²) in [6, 6.07) is 2.13. The lowest BCUT2D eigenvalue weighted by Gasteiger charge is -2.46. The minimum atomic E-state index is 0.108. The van der Waals surface area contributed by atoms with Crippen LogP contribution in [-0.4, -0.2) is 66.1 Å². The molecule has 5 heteroatoms. The highest BCUT2D eigenvalue weighted by Crippen LogP contribution is 2.24. The zero-order valence-corrected chi connectivity index (χ0v) is 11.6. The van der Waals surface area contributed by atoms with Crippen LogP contribution in [0.5, 0.6) is 0 Å². The van der Waals surface area contributed by atoms with E-state index in [1.165, 1.54) is 0 Å². The van der Waals surface area contributed by atoms with Crippen molar-refractivity contribution in [1.29, 1.82) is 0 Å². The molecule has 2 saturated heterocycles. The maximum absolute atomic E-state index is 12.7. The van der Waals surface area contributed by atoms with E-state index in [1.54, 1.807) is 0 Å². The second kappa shape index (κ2) is 4.98. The van der Waals surface area contributed by atoms with Crippen molar-refractivity contribution < 1.29 is 9.53 Å². The Morgan fingerprint density at radius 2 is 2.32 bits per heavy atom. The first-order chi connectivity index (χ1) is 9.16. The summed E-state index contributed by atoms with van der Waals surface area (Å²) in [6.45, 7) is 5.25. The molecule has 2 aliphatic heterocycles. The summed E-state index contributed by atoms with van der Waals surface area (Å²) in [4.78, 5) is 20.0. The minimum Gasteiger partial charge on any atom is -0.374 e. The van der Waals surface area contributed by atoms with E-state index in [-0.39, 0.29) is 18.1 Å². The SMILES string of the molecule is Cc1cc[nH]c1C(=O)N1CCOC2CCN(C)CC21. The summed E-state index contributed by atoms with van der Waals surface area (Å²) in [5.74, 6) is 0.108. The molecule has 3 heterocycles. The molecule has 19 heavy (non-hydrogen) atoms. The lowest BCUT2D eigenvalue weighted by Crippen LogP contribution is -2.60. The Labute approximate surface area is 113 Å². The molecule has 3 rings (SSSR count). The number of aromatic nitrogens is 1. The van der Waals surface area contributed by atoms with Gasteiger partial charge in [0.25, 0.3) is 5.91 Å². The summed E-state index contributed by atoms with van der Waals surface area (Å²) >= 11 is 0. The molecule has 0 spiro atoms. The summed E-state index contributed by atoms with van der Waals surface area (Å²) in [7, 11) is 2.10. The summed E-state index contributed by atoms with van der Waals surface area (Å²) < 4.78 is 5.83. The van der Waals surface area contributed by atoms with Crippen LogP contribution >= 0.6 is 0 Å². The van der Waals surface area contributed by atoms with Crippen LogP contribution in [0.2, 0.25) is 0 Å². The van der Waals surface area contributed by atoms with Gasteiger partial charge in [0.2, 0.25) is 0 Å². The third-order valence-electron chi connectivity index (χ3n) is 4.22. The van der Waals surface area contributed by atoms with Crippen molar-refractivity contribution in [3.63, 3.8) is 0 Å². The number of rotatable bonds is 1. The smallest absolute Gasteiger partial charge is 0.271 e. The van der Waals surface area contributed by atoms with Gasteiger partial charge in [-0.1, -0.05) is 0 Å². The van der Waals surface area contributed by atoms with Crippen molar-refractivity contribution in [3.8, 4) is 0 Å². The fraction of sp³-hybridized carbons (Fsp3) is 0.643. The fourth-order valence-corrected chi connectivity index (χ4v) is 3.10. The number of nitrogens with zero attached hydrogens (tertiary/aromatic N) is 2. The lowest BCUT2D eigenvalue weighted by molar-refractivity contribution is -0.0871. The number of ether oxygens (including phenoxy) is 1. The van der Waals surface area contributed by atoms with Crippen molar-refractivity contribution in [2.45, 2.75) is 25.5 Å². The van der Waals surface area contributed by atoms with Gasteiger partial charge in [0, 0.05) is 25.8 Å². The molecule has 2 fully saturated rings. The molecule has 5 nitrogen and oxygen atoms in total. The molecule has 1 aromatic heterocycles. The first kappa shape index (κ1) is 12.7. The number of fused-ring (bicyclic) bond motifs is 1.